The van der Waals surface area contributed by atoms with Crippen molar-refractivity contribution >= 4 is 11.7 Å². The van der Waals surface area contributed by atoms with E-state index in [1.54, 1.807) is 12.4 Å². The summed E-state index contributed by atoms with van der Waals surface area (Å²) < 4.78 is 2.17. The van der Waals surface area contributed by atoms with E-state index < -0.39 is 0 Å². The highest BCUT2D eigenvalue weighted by molar-refractivity contribution is 5.89. The summed E-state index contributed by atoms with van der Waals surface area (Å²) in [5.74, 6) is 1.59. The Morgan fingerprint density at radius 1 is 1.48 bits per heavy atom. The highest BCUT2D eigenvalue weighted by Gasteiger charge is 2.19. The van der Waals surface area contributed by atoms with Crippen LogP contribution in [-0.2, 0) is 13.0 Å². The van der Waals surface area contributed by atoms with E-state index in [2.05, 4.69) is 25.2 Å². The molecule has 6 heteroatoms. The van der Waals surface area contributed by atoms with Gasteiger partial charge in [-0.05, 0) is 30.9 Å². The van der Waals surface area contributed by atoms with E-state index >= 15 is 0 Å². The number of aryl methyl sites for hydroxylation is 2. The number of imidazole rings is 1. The number of urea groups is 1. The topological polar surface area (TPSA) is 71.8 Å². The number of hydrogen-bond acceptors (Lipinski definition) is 3. The van der Waals surface area contributed by atoms with Gasteiger partial charge in [0.1, 0.15) is 5.82 Å². The number of carbonyl (C=O) groups excluding carboxylic acids is 1. The third-order valence-corrected chi connectivity index (χ3v) is 3.87. The van der Waals surface area contributed by atoms with Crippen molar-refractivity contribution in [3.05, 3.63) is 42.2 Å². The zero-order chi connectivity index (χ0) is 14.7. The molecule has 21 heavy (non-hydrogen) atoms. The van der Waals surface area contributed by atoms with Crippen LogP contribution in [0.2, 0.25) is 0 Å². The van der Waals surface area contributed by atoms with Crippen molar-refractivity contribution in [3.63, 3.8) is 0 Å². The number of fused-ring (bicyclic) bond motifs is 1. The Morgan fingerprint density at radius 3 is 3.24 bits per heavy atom. The van der Waals surface area contributed by atoms with E-state index in [0.29, 0.717) is 12.5 Å². The second-order valence-electron chi connectivity index (χ2n) is 5.43. The van der Waals surface area contributed by atoms with Crippen LogP contribution in [0.15, 0.2) is 30.9 Å². The fourth-order valence-corrected chi connectivity index (χ4v) is 2.60. The molecular formula is C15H19N5O. The van der Waals surface area contributed by atoms with Crippen LogP contribution < -0.4 is 10.6 Å². The van der Waals surface area contributed by atoms with Crippen LogP contribution in [0.3, 0.4) is 0 Å². The normalized spacial score (nSPS) is 17.1. The predicted octanol–water partition coefficient (Wildman–Crippen LogP) is 1.97. The maximum atomic E-state index is 11.9. The summed E-state index contributed by atoms with van der Waals surface area (Å²) in [6.07, 6.45) is 9.24. The second kappa shape index (κ2) is 5.95. The van der Waals surface area contributed by atoms with E-state index in [4.69, 9.17) is 0 Å². The first-order valence-corrected chi connectivity index (χ1v) is 7.18. The number of hydrogen-bond donors (Lipinski definition) is 2. The quantitative estimate of drug-likeness (QED) is 0.905. The van der Waals surface area contributed by atoms with Gasteiger partial charge in [-0.1, -0.05) is 0 Å². The molecule has 1 aliphatic heterocycles. The maximum absolute atomic E-state index is 11.9. The summed E-state index contributed by atoms with van der Waals surface area (Å²) in [5, 5.41) is 5.77. The van der Waals surface area contributed by atoms with Gasteiger partial charge in [0, 0.05) is 38.1 Å². The highest BCUT2D eigenvalue weighted by Crippen LogP contribution is 2.18. The number of aromatic nitrogens is 3. The van der Waals surface area contributed by atoms with Crippen molar-refractivity contribution in [2.75, 3.05) is 11.9 Å². The molecule has 6 nitrogen and oxygen atoms in total. The monoisotopic (exact) mass is 285 g/mol. The van der Waals surface area contributed by atoms with Gasteiger partial charge in [-0.3, -0.25) is 4.98 Å². The third kappa shape index (κ3) is 3.21. The molecule has 2 aromatic heterocycles. The molecule has 0 bridgehead atoms. The molecule has 0 saturated heterocycles. The number of rotatable bonds is 3. The fourth-order valence-electron chi connectivity index (χ4n) is 2.60. The average molecular weight is 285 g/mol. The molecule has 110 valence electrons. The van der Waals surface area contributed by atoms with Gasteiger partial charge in [-0.25, -0.2) is 9.78 Å². The van der Waals surface area contributed by atoms with Crippen molar-refractivity contribution in [1.82, 2.24) is 19.9 Å². The molecule has 0 fully saturated rings. The molecule has 3 rings (SSSR count). The lowest BCUT2D eigenvalue weighted by Crippen LogP contribution is -2.36. The molecule has 0 radical (unpaired) electrons. The number of carbonyl (C=O) groups is 1. The smallest absolute Gasteiger partial charge is 0.319 e. The summed E-state index contributed by atoms with van der Waals surface area (Å²) in [6, 6.07) is 1.69. The van der Waals surface area contributed by atoms with Gasteiger partial charge in [-0.15, -0.1) is 0 Å². The van der Waals surface area contributed by atoms with Crippen molar-refractivity contribution < 1.29 is 4.79 Å². The van der Waals surface area contributed by atoms with E-state index in [-0.39, 0.29) is 6.03 Å². The molecule has 0 aromatic carbocycles. The molecule has 1 aliphatic rings. The molecule has 0 saturated carbocycles. The first kappa shape index (κ1) is 13.6. The highest BCUT2D eigenvalue weighted by atomic mass is 16.2. The van der Waals surface area contributed by atoms with E-state index in [1.807, 2.05) is 25.4 Å². The summed E-state index contributed by atoms with van der Waals surface area (Å²) in [4.78, 5) is 20.3. The van der Waals surface area contributed by atoms with E-state index in [0.717, 1.165) is 36.5 Å². The Labute approximate surface area is 123 Å². The van der Waals surface area contributed by atoms with Crippen LogP contribution in [0.4, 0.5) is 10.5 Å². The molecule has 1 atom stereocenters. The SMILES string of the molecule is Cc1ccncc1NC(=O)NC[C@@H]1CCc2nccn2C1. The molecule has 3 heterocycles. The van der Waals surface area contributed by atoms with Crippen LogP contribution in [-0.4, -0.2) is 27.1 Å². The Kier molecular flexibility index (Phi) is 3.85. The van der Waals surface area contributed by atoms with Crippen LogP contribution >= 0.6 is 0 Å². The number of nitrogens with zero attached hydrogens (tertiary/aromatic N) is 3. The maximum Gasteiger partial charge on any atom is 0.319 e. The first-order chi connectivity index (χ1) is 10.2. The molecule has 0 spiro atoms. The summed E-state index contributed by atoms with van der Waals surface area (Å²) in [5.41, 5.74) is 1.75. The second-order valence-corrected chi connectivity index (χ2v) is 5.43. The van der Waals surface area contributed by atoms with Crippen molar-refractivity contribution in [2.45, 2.75) is 26.3 Å². The third-order valence-electron chi connectivity index (χ3n) is 3.87. The lowest BCUT2D eigenvalue weighted by molar-refractivity contribution is 0.247. The molecule has 0 unspecified atom stereocenters. The number of nitrogens with one attached hydrogen (secondary N) is 2. The number of anilines is 1. The fraction of sp³-hybridized carbons (Fsp3) is 0.400. The predicted molar refractivity (Wildman–Crippen MR) is 80.0 cm³/mol. The Bertz CT molecular complexity index is 636. The van der Waals surface area contributed by atoms with Crippen LogP contribution in [0.5, 0.6) is 0 Å². The molecule has 2 N–H and O–H groups in total. The van der Waals surface area contributed by atoms with Gasteiger partial charge >= 0.3 is 6.03 Å². The average Bonchev–Trinajstić information content (AvgIpc) is 2.95. The van der Waals surface area contributed by atoms with Crippen LogP contribution in [0, 0.1) is 12.8 Å². The minimum atomic E-state index is -0.178. The van der Waals surface area contributed by atoms with Crippen molar-refractivity contribution in [3.8, 4) is 0 Å². The largest absolute Gasteiger partial charge is 0.338 e. The van der Waals surface area contributed by atoms with Crippen LogP contribution in [0.1, 0.15) is 17.8 Å². The molecule has 2 aromatic rings. The summed E-state index contributed by atoms with van der Waals surface area (Å²) in [6.45, 7) is 3.53. The lowest BCUT2D eigenvalue weighted by atomic mass is 9.99. The van der Waals surface area contributed by atoms with E-state index in [9.17, 15) is 4.79 Å². The van der Waals surface area contributed by atoms with Crippen LogP contribution in [0.25, 0.3) is 0 Å². The minimum Gasteiger partial charge on any atom is -0.338 e. The lowest BCUT2D eigenvalue weighted by Gasteiger charge is -2.24. The van der Waals surface area contributed by atoms with E-state index in [1.165, 1.54) is 0 Å². The molecule has 0 aliphatic carbocycles. The zero-order valence-electron chi connectivity index (χ0n) is 12.0. The van der Waals surface area contributed by atoms with Gasteiger partial charge in [0.2, 0.25) is 0 Å². The number of pyridine rings is 1. The van der Waals surface area contributed by atoms with Gasteiger partial charge in [0.05, 0.1) is 11.9 Å². The van der Waals surface area contributed by atoms with Gasteiger partial charge in [-0.2, -0.15) is 0 Å². The Hall–Kier alpha value is -2.37. The number of amides is 2. The van der Waals surface area contributed by atoms with Gasteiger partial charge in [0.25, 0.3) is 0 Å². The molecule has 2 amide bonds. The minimum absolute atomic E-state index is 0.178. The standard InChI is InChI=1S/C15H19N5O/c1-11-4-5-16-9-13(11)19-15(21)18-8-12-2-3-14-17-6-7-20(14)10-12/h4-7,9,12H,2-3,8,10H2,1H3,(H2,18,19,21)/t12-/m0/s1. The Morgan fingerprint density at radius 2 is 2.38 bits per heavy atom. The van der Waals surface area contributed by atoms with Gasteiger partial charge in [0.15, 0.2) is 0 Å². The van der Waals surface area contributed by atoms with Crippen molar-refractivity contribution in [2.24, 2.45) is 5.92 Å². The summed E-state index contributed by atoms with van der Waals surface area (Å²) >= 11 is 0. The van der Waals surface area contributed by atoms with Gasteiger partial charge < -0.3 is 15.2 Å². The Balaban J connectivity index is 1.50. The molecular weight excluding hydrogens is 266 g/mol. The van der Waals surface area contributed by atoms with Crippen molar-refractivity contribution in [1.29, 1.82) is 0 Å². The zero-order valence-corrected chi connectivity index (χ0v) is 12.0. The first-order valence-electron chi connectivity index (χ1n) is 7.18. The summed E-state index contributed by atoms with van der Waals surface area (Å²) in [7, 11) is 0.